The van der Waals surface area contributed by atoms with Gasteiger partial charge in [-0.05, 0) is 43.7 Å². The molecule has 2 atom stereocenters. The molecule has 2 fully saturated rings. The van der Waals surface area contributed by atoms with Crippen molar-refractivity contribution in [3.05, 3.63) is 29.8 Å². The Bertz CT molecular complexity index is 560. The number of rotatable bonds is 6. The molecule has 0 aromatic heterocycles. The number of hydrogen-bond acceptors (Lipinski definition) is 6. The lowest BCUT2D eigenvalue weighted by Crippen LogP contribution is -2.47. The lowest BCUT2D eigenvalue weighted by molar-refractivity contribution is 0.0322. The highest BCUT2D eigenvalue weighted by Gasteiger charge is 2.23. The first-order valence-corrected chi connectivity index (χ1v) is 9.45. The quantitative estimate of drug-likeness (QED) is 0.672. The number of aliphatic hydroxyl groups excluding tert-OH is 1. The van der Waals surface area contributed by atoms with Crippen molar-refractivity contribution in [2.24, 2.45) is 0 Å². The fourth-order valence-corrected chi connectivity index (χ4v) is 3.25. The van der Waals surface area contributed by atoms with E-state index in [0.717, 1.165) is 51.6 Å². The summed E-state index contributed by atoms with van der Waals surface area (Å²) in [5, 5.41) is 16.3. The van der Waals surface area contributed by atoms with Crippen molar-refractivity contribution in [3.8, 4) is 5.75 Å². The topological polar surface area (TPSA) is 83.1 Å². The van der Waals surface area contributed by atoms with Crippen LogP contribution in [0.1, 0.15) is 23.2 Å². The van der Waals surface area contributed by atoms with Crippen molar-refractivity contribution in [2.45, 2.75) is 25.0 Å². The number of amides is 1. The number of hydrogen-bond donors (Lipinski definition) is 3. The first kappa shape index (κ1) is 19.1. The van der Waals surface area contributed by atoms with Crippen molar-refractivity contribution in [1.82, 2.24) is 15.5 Å². The van der Waals surface area contributed by atoms with E-state index >= 15 is 0 Å². The van der Waals surface area contributed by atoms with Crippen LogP contribution in [0.5, 0.6) is 5.75 Å². The molecule has 26 heavy (non-hydrogen) atoms. The zero-order valence-electron chi connectivity index (χ0n) is 15.2. The number of carbonyl (C=O) groups is 1. The third kappa shape index (κ3) is 5.67. The van der Waals surface area contributed by atoms with E-state index in [4.69, 9.17) is 9.47 Å². The minimum absolute atomic E-state index is 0.169. The summed E-state index contributed by atoms with van der Waals surface area (Å²) in [6.07, 6.45) is 1.12. The summed E-state index contributed by atoms with van der Waals surface area (Å²) < 4.78 is 11.1. The normalized spacial score (nSPS) is 24.7. The molecule has 7 heteroatoms. The molecule has 3 N–H and O–H groups in total. The maximum Gasteiger partial charge on any atom is 0.251 e. The van der Waals surface area contributed by atoms with Crippen LogP contribution in [0.2, 0.25) is 0 Å². The van der Waals surface area contributed by atoms with Gasteiger partial charge in [0.25, 0.3) is 5.91 Å². The first-order valence-electron chi connectivity index (χ1n) is 9.45. The Morgan fingerprint density at radius 2 is 2.08 bits per heavy atom. The number of nitrogens with zero attached hydrogens (tertiary/aromatic N) is 1. The molecule has 3 rings (SSSR count). The molecule has 1 amide bonds. The largest absolute Gasteiger partial charge is 0.492 e. The van der Waals surface area contributed by atoms with Gasteiger partial charge in [0.05, 0.1) is 25.4 Å². The SMILES string of the molecule is O=C(N[C@@H]1CNCCC[C@H]1O)c1ccc(OCCN2CCOCC2)cc1. The Morgan fingerprint density at radius 1 is 1.31 bits per heavy atom. The monoisotopic (exact) mass is 363 g/mol. The summed E-state index contributed by atoms with van der Waals surface area (Å²) in [5.41, 5.74) is 0.571. The third-order valence-electron chi connectivity index (χ3n) is 4.90. The predicted molar refractivity (Wildman–Crippen MR) is 98.6 cm³/mol. The molecule has 2 aliphatic rings. The van der Waals surface area contributed by atoms with E-state index < -0.39 is 6.10 Å². The molecule has 1 aromatic carbocycles. The standard InChI is InChI=1S/C19H29N3O4/c23-18-2-1-7-20-14-17(18)21-19(24)15-3-5-16(6-4-15)26-13-10-22-8-11-25-12-9-22/h3-6,17-18,20,23H,1-2,7-14H2,(H,21,24)/t17-,18-/m1/s1. The molecule has 0 bridgehead atoms. The average Bonchev–Trinajstić information content (AvgIpc) is 2.87. The summed E-state index contributed by atoms with van der Waals surface area (Å²) in [6, 6.07) is 6.90. The fourth-order valence-electron chi connectivity index (χ4n) is 3.25. The van der Waals surface area contributed by atoms with Crippen LogP contribution in [0.3, 0.4) is 0 Å². The molecule has 1 aromatic rings. The first-order chi connectivity index (χ1) is 12.7. The van der Waals surface area contributed by atoms with Gasteiger partial charge in [-0.3, -0.25) is 9.69 Å². The van der Waals surface area contributed by atoms with E-state index in [1.165, 1.54) is 0 Å². The highest BCUT2D eigenvalue weighted by atomic mass is 16.5. The Hall–Kier alpha value is -1.67. The number of morpholine rings is 1. The van der Waals surface area contributed by atoms with Gasteiger partial charge in [-0.15, -0.1) is 0 Å². The molecule has 2 saturated heterocycles. The highest BCUT2D eigenvalue weighted by molar-refractivity contribution is 5.94. The van der Waals surface area contributed by atoms with Crippen molar-refractivity contribution in [1.29, 1.82) is 0 Å². The molecular formula is C19H29N3O4. The Balaban J connectivity index is 1.44. The van der Waals surface area contributed by atoms with Crippen LogP contribution in [0.15, 0.2) is 24.3 Å². The molecule has 0 spiro atoms. The Morgan fingerprint density at radius 3 is 2.85 bits per heavy atom. The third-order valence-corrected chi connectivity index (χ3v) is 4.90. The fraction of sp³-hybridized carbons (Fsp3) is 0.632. The van der Waals surface area contributed by atoms with Gasteiger partial charge in [0.15, 0.2) is 0 Å². The van der Waals surface area contributed by atoms with Crippen molar-refractivity contribution in [2.75, 3.05) is 52.5 Å². The molecule has 7 nitrogen and oxygen atoms in total. The number of nitrogens with one attached hydrogen (secondary N) is 2. The summed E-state index contributed by atoms with van der Waals surface area (Å²) in [4.78, 5) is 14.7. The van der Waals surface area contributed by atoms with E-state index in [0.29, 0.717) is 25.1 Å². The van der Waals surface area contributed by atoms with Crippen molar-refractivity contribution in [3.63, 3.8) is 0 Å². The number of carbonyl (C=O) groups excluding carboxylic acids is 1. The predicted octanol–water partition coefficient (Wildman–Crippen LogP) is 0.240. The molecule has 0 unspecified atom stereocenters. The van der Waals surface area contributed by atoms with Crippen molar-refractivity contribution >= 4 is 5.91 Å². The van der Waals surface area contributed by atoms with E-state index in [1.54, 1.807) is 12.1 Å². The minimum atomic E-state index is -0.503. The van der Waals surface area contributed by atoms with E-state index in [1.807, 2.05) is 12.1 Å². The zero-order chi connectivity index (χ0) is 18.2. The highest BCUT2D eigenvalue weighted by Crippen LogP contribution is 2.13. The van der Waals surface area contributed by atoms with Crippen LogP contribution in [0.4, 0.5) is 0 Å². The lowest BCUT2D eigenvalue weighted by Gasteiger charge is -2.26. The average molecular weight is 363 g/mol. The zero-order valence-corrected chi connectivity index (χ0v) is 15.2. The van der Waals surface area contributed by atoms with Crippen LogP contribution < -0.4 is 15.4 Å². The van der Waals surface area contributed by atoms with Gasteiger partial charge in [0.1, 0.15) is 12.4 Å². The molecule has 2 aliphatic heterocycles. The van der Waals surface area contributed by atoms with E-state index in [2.05, 4.69) is 15.5 Å². The number of ether oxygens (including phenoxy) is 2. The second kappa shape index (κ2) is 9.87. The van der Waals surface area contributed by atoms with Gasteiger partial charge >= 0.3 is 0 Å². The molecule has 0 radical (unpaired) electrons. The van der Waals surface area contributed by atoms with Crippen molar-refractivity contribution < 1.29 is 19.4 Å². The minimum Gasteiger partial charge on any atom is -0.492 e. The molecule has 144 valence electrons. The van der Waals surface area contributed by atoms with Gasteiger partial charge in [-0.1, -0.05) is 0 Å². The maximum atomic E-state index is 12.4. The van der Waals surface area contributed by atoms with Gasteiger partial charge in [-0.2, -0.15) is 0 Å². The smallest absolute Gasteiger partial charge is 0.251 e. The van der Waals surface area contributed by atoms with Crippen LogP contribution in [-0.4, -0.2) is 80.6 Å². The second-order valence-corrected chi connectivity index (χ2v) is 6.82. The van der Waals surface area contributed by atoms with E-state index in [9.17, 15) is 9.90 Å². The summed E-state index contributed by atoms with van der Waals surface area (Å²) in [7, 11) is 0. The molecular weight excluding hydrogens is 334 g/mol. The summed E-state index contributed by atoms with van der Waals surface area (Å²) in [6.45, 7) is 6.43. The van der Waals surface area contributed by atoms with Crippen LogP contribution in [0, 0.1) is 0 Å². The lowest BCUT2D eigenvalue weighted by atomic mass is 10.1. The molecule has 0 saturated carbocycles. The van der Waals surface area contributed by atoms with Gasteiger partial charge < -0.3 is 25.2 Å². The number of aliphatic hydroxyl groups is 1. The van der Waals surface area contributed by atoms with Crippen LogP contribution in [-0.2, 0) is 4.74 Å². The summed E-state index contributed by atoms with van der Waals surface area (Å²) >= 11 is 0. The Labute approximate surface area is 154 Å². The number of benzene rings is 1. The van der Waals surface area contributed by atoms with Gasteiger partial charge in [0.2, 0.25) is 0 Å². The Kier molecular flexibility index (Phi) is 7.25. The van der Waals surface area contributed by atoms with Gasteiger partial charge in [0, 0.05) is 31.7 Å². The maximum absolute atomic E-state index is 12.4. The van der Waals surface area contributed by atoms with Gasteiger partial charge in [-0.25, -0.2) is 0 Å². The molecule has 2 heterocycles. The summed E-state index contributed by atoms with van der Waals surface area (Å²) in [5.74, 6) is 0.587. The second-order valence-electron chi connectivity index (χ2n) is 6.82. The van der Waals surface area contributed by atoms with E-state index in [-0.39, 0.29) is 11.9 Å². The van der Waals surface area contributed by atoms with Crippen LogP contribution in [0.25, 0.3) is 0 Å². The molecule has 0 aliphatic carbocycles. The van der Waals surface area contributed by atoms with Crippen LogP contribution >= 0.6 is 0 Å².